The summed E-state index contributed by atoms with van der Waals surface area (Å²) in [6, 6.07) is 8.27. The molecule has 2 aromatic rings. The van der Waals surface area contributed by atoms with E-state index in [1.807, 2.05) is 6.07 Å². The van der Waals surface area contributed by atoms with Gasteiger partial charge in [-0.2, -0.15) is 0 Å². The maximum Gasteiger partial charge on any atom is 0.112 e. The molecule has 1 saturated carbocycles. The molecule has 1 heterocycles. The molecule has 0 amide bonds. The number of aryl methyl sites for hydroxylation is 1. The molecule has 0 bridgehead atoms. The molecule has 0 atom stereocenters. The zero-order valence-corrected chi connectivity index (χ0v) is 11.6. The molecule has 1 aromatic heterocycles. The first-order chi connectivity index (χ1) is 9.22. The van der Waals surface area contributed by atoms with Crippen molar-refractivity contribution in [3.63, 3.8) is 0 Å². The summed E-state index contributed by atoms with van der Waals surface area (Å²) in [5.41, 5.74) is 1.72. The fourth-order valence-corrected chi connectivity index (χ4v) is 3.24. The minimum Gasteiger partial charge on any atom is -0.389 e. The van der Waals surface area contributed by atoms with E-state index in [0.29, 0.717) is 6.42 Å². The van der Waals surface area contributed by atoms with Gasteiger partial charge in [0.1, 0.15) is 5.82 Å². The number of aliphatic hydroxyl groups is 1. The van der Waals surface area contributed by atoms with Crippen molar-refractivity contribution in [2.75, 3.05) is 0 Å². The van der Waals surface area contributed by atoms with Crippen molar-refractivity contribution >= 4 is 11.0 Å². The summed E-state index contributed by atoms with van der Waals surface area (Å²) in [5.74, 6) is 1.05. The third kappa shape index (κ3) is 2.39. The van der Waals surface area contributed by atoms with E-state index in [0.717, 1.165) is 50.0 Å². The van der Waals surface area contributed by atoms with Crippen LogP contribution in [0.25, 0.3) is 11.0 Å². The van der Waals surface area contributed by atoms with Gasteiger partial charge in [0, 0.05) is 13.0 Å². The van der Waals surface area contributed by atoms with Crippen molar-refractivity contribution in [3.05, 3.63) is 30.1 Å². The second-order valence-electron chi connectivity index (χ2n) is 5.78. The number of para-hydroxylation sites is 2. The molecule has 0 unspecified atom stereocenters. The van der Waals surface area contributed by atoms with Gasteiger partial charge < -0.3 is 9.67 Å². The lowest BCUT2D eigenvalue weighted by atomic mass is 9.97. The molecule has 1 fully saturated rings. The molecule has 0 saturated heterocycles. The van der Waals surface area contributed by atoms with E-state index in [4.69, 9.17) is 4.98 Å². The van der Waals surface area contributed by atoms with Crippen molar-refractivity contribution in [2.24, 2.45) is 0 Å². The van der Waals surface area contributed by atoms with Gasteiger partial charge in [-0.05, 0) is 31.4 Å². The van der Waals surface area contributed by atoms with Crippen LogP contribution in [0.3, 0.4) is 0 Å². The largest absolute Gasteiger partial charge is 0.389 e. The Kier molecular flexibility index (Phi) is 3.31. The van der Waals surface area contributed by atoms with E-state index in [1.54, 1.807) is 0 Å². The first-order valence-corrected chi connectivity index (χ1v) is 7.38. The topological polar surface area (TPSA) is 38.0 Å². The monoisotopic (exact) mass is 258 g/mol. The zero-order chi connectivity index (χ0) is 13.3. The van der Waals surface area contributed by atoms with Gasteiger partial charge in [-0.15, -0.1) is 0 Å². The molecular weight excluding hydrogens is 236 g/mol. The van der Waals surface area contributed by atoms with Gasteiger partial charge >= 0.3 is 0 Å². The molecule has 3 rings (SSSR count). The van der Waals surface area contributed by atoms with Crippen LogP contribution in [0.2, 0.25) is 0 Å². The van der Waals surface area contributed by atoms with Crippen LogP contribution in [-0.2, 0) is 13.0 Å². The molecule has 3 heteroatoms. The summed E-state index contributed by atoms with van der Waals surface area (Å²) < 4.78 is 2.28. The standard InChI is InChI=1S/C16H22N2O/c1-2-11-18-14-8-4-3-7-13(14)17-15(18)12-16(19)9-5-6-10-16/h3-4,7-8,19H,2,5-6,9-12H2,1H3. The summed E-state index contributed by atoms with van der Waals surface area (Å²) in [6.07, 6.45) is 5.91. The van der Waals surface area contributed by atoms with Crippen LogP contribution in [0.4, 0.5) is 0 Å². The highest BCUT2D eigenvalue weighted by Gasteiger charge is 2.33. The highest BCUT2D eigenvalue weighted by atomic mass is 16.3. The lowest BCUT2D eigenvalue weighted by Crippen LogP contribution is -2.28. The van der Waals surface area contributed by atoms with Crippen molar-refractivity contribution in [1.29, 1.82) is 0 Å². The Hall–Kier alpha value is -1.35. The van der Waals surface area contributed by atoms with Crippen LogP contribution in [0.1, 0.15) is 44.9 Å². The number of aromatic nitrogens is 2. The summed E-state index contributed by atoms with van der Waals surface area (Å²) in [5, 5.41) is 10.6. The van der Waals surface area contributed by atoms with E-state index < -0.39 is 5.60 Å². The van der Waals surface area contributed by atoms with Gasteiger partial charge in [-0.1, -0.05) is 31.9 Å². The number of hydrogen-bond acceptors (Lipinski definition) is 2. The van der Waals surface area contributed by atoms with Gasteiger partial charge in [-0.25, -0.2) is 4.98 Å². The second kappa shape index (κ2) is 4.97. The minimum absolute atomic E-state index is 0.521. The highest BCUT2D eigenvalue weighted by molar-refractivity contribution is 5.75. The third-order valence-corrected chi connectivity index (χ3v) is 4.20. The van der Waals surface area contributed by atoms with Crippen molar-refractivity contribution in [2.45, 2.75) is 57.6 Å². The highest BCUT2D eigenvalue weighted by Crippen LogP contribution is 2.33. The molecule has 1 aliphatic rings. The number of nitrogens with zero attached hydrogens (tertiary/aromatic N) is 2. The number of fused-ring (bicyclic) bond motifs is 1. The SMILES string of the molecule is CCCn1c(CC2(O)CCCC2)nc2ccccc21. The summed E-state index contributed by atoms with van der Waals surface area (Å²) in [4.78, 5) is 4.74. The number of imidazole rings is 1. The molecule has 3 nitrogen and oxygen atoms in total. The maximum atomic E-state index is 10.6. The number of hydrogen-bond donors (Lipinski definition) is 1. The van der Waals surface area contributed by atoms with E-state index >= 15 is 0 Å². The Bertz CT molecular complexity index is 567. The molecule has 1 aromatic carbocycles. The van der Waals surface area contributed by atoms with Crippen LogP contribution in [0, 0.1) is 0 Å². The average molecular weight is 258 g/mol. The molecule has 1 aliphatic carbocycles. The Balaban J connectivity index is 1.99. The Morgan fingerprint density at radius 2 is 2.00 bits per heavy atom. The molecule has 0 spiro atoms. The second-order valence-corrected chi connectivity index (χ2v) is 5.78. The molecule has 19 heavy (non-hydrogen) atoms. The Labute approximate surface area is 114 Å². The minimum atomic E-state index is -0.521. The smallest absolute Gasteiger partial charge is 0.112 e. The normalized spacial score (nSPS) is 18.2. The van der Waals surface area contributed by atoms with Gasteiger partial charge in [-0.3, -0.25) is 0 Å². The van der Waals surface area contributed by atoms with Crippen LogP contribution in [0.15, 0.2) is 24.3 Å². The lowest BCUT2D eigenvalue weighted by Gasteiger charge is -2.22. The summed E-state index contributed by atoms with van der Waals surface area (Å²) >= 11 is 0. The maximum absolute atomic E-state index is 10.6. The van der Waals surface area contributed by atoms with Crippen LogP contribution in [0.5, 0.6) is 0 Å². The summed E-state index contributed by atoms with van der Waals surface area (Å²) in [6.45, 7) is 3.16. The first-order valence-electron chi connectivity index (χ1n) is 7.38. The predicted molar refractivity (Wildman–Crippen MR) is 77.1 cm³/mol. The van der Waals surface area contributed by atoms with E-state index in [9.17, 15) is 5.11 Å². The van der Waals surface area contributed by atoms with Crippen molar-refractivity contribution < 1.29 is 5.11 Å². The van der Waals surface area contributed by atoms with Crippen LogP contribution >= 0.6 is 0 Å². The zero-order valence-electron chi connectivity index (χ0n) is 11.6. The average Bonchev–Trinajstić information content (AvgIpc) is 2.96. The van der Waals surface area contributed by atoms with Crippen LogP contribution in [-0.4, -0.2) is 20.3 Å². The number of rotatable bonds is 4. The van der Waals surface area contributed by atoms with Crippen molar-refractivity contribution in [1.82, 2.24) is 9.55 Å². The van der Waals surface area contributed by atoms with Gasteiger partial charge in [0.25, 0.3) is 0 Å². The molecule has 0 radical (unpaired) electrons. The molecule has 102 valence electrons. The summed E-state index contributed by atoms with van der Waals surface area (Å²) in [7, 11) is 0. The molecule has 0 aliphatic heterocycles. The fraction of sp³-hybridized carbons (Fsp3) is 0.562. The van der Waals surface area contributed by atoms with E-state index in [1.165, 1.54) is 5.52 Å². The van der Waals surface area contributed by atoms with Crippen LogP contribution < -0.4 is 0 Å². The predicted octanol–water partition coefficient (Wildman–Crippen LogP) is 3.29. The third-order valence-electron chi connectivity index (χ3n) is 4.20. The fourth-order valence-electron chi connectivity index (χ4n) is 3.24. The van der Waals surface area contributed by atoms with Gasteiger partial charge in [0.2, 0.25) is 0 Å². The van der Waals surface area contributed by atoms with E-state index in [-0.39, 0.29) is 0 Å². The van der Waals surface area contributed by atoms with Crippen molar-refractivity contribution in [3.8, 4) is 0 Å². The van der Waals surface area contributed by atoms with Gasteiger partial charge in [0.15, 0.2) is 0 Å². The Morgan fingerprint density at radius 1 is 1.26 bits per heavy atom. The van der Waals surface area contributed by atoms with E-state index in [2.05, 4.69) is 29.7 Å². The van der Waals surface area contributed by atoms with Gasteiger partial charge in [0.05, 0.1) is 16.6 Å². The Morgan fingerprint density at radius 3 is 2.74 bits per heavy atom. The lowest BCUT2D eigenvalue weighted by molar-refractivity contribution is 0.0454. The molecular formula is C16H22N2O. The first kappa shape index (κ1) is 12.7. The number of benzene rings is 1. The molecule has 1 N–H and O–H groups in total. The quantitative estimate of drug-likeness (QED) is 0.913.